The standard InChI is InChI=1S/C13H15ClN4O2S/c1-17(8-10-3-5-13(14)21-10)7-9-2-4-11(16-15)12(6-9)18(19)20/h2-6,16H,7-8,15H2,1H3. The number of nitrogens with zero attached hydrogens (tertiary/aromatic N) is 2. The fraction of sp³-hybridized carbons (Fsp3) is 0.231. The number of nitrogens with two attached hydrogens (primary N) is 1. The van der Waals surface area contributed by atoms with Gasteiger partial charge in [-0.2, -0.15) is 0 Å². The molecule has 6 nitrogen and oxygen atoms in total. The highest BCUT2D eigenvalue weighted by Gasteiger charge is 2.14. The van der Waals surface area contributed by atoms with Crippen molar-refractivity contribution in [3.63, 3.8) is 0 Å². The first-order chi connectivity index (χ1) is 9.99. The van der Waals surface area contributed by atoms with Gasteiger partial charge in [0.2, 0.25) is 0 Å². The number of anilines is 1. The molecule has 0 aliphatic heterocycles. The second-order valence-electron chi connectivity index (χ2n) is 4.63. The van der Waals surface area contributed by atoms with Crippen LogP contribution in [-0.2, 0) is 13.1 Å². The Morgan fingerprint density at radius 3 is 2.71 bits per heavy atom. The Hall–Kier alpha value is -1.67. The SMILES string of the molecule is CN(Cc1ccc(NN)c([N+](=O)[O-])c1)Cc1ccc(Cl)s1. The van der Waals surface area contributed by atoms with Crippen molar-refractivity contribution in [1.82, 2.24) is 4.90 Å². The molecule has 8 heteroatoms. The van der Waals surface area contributed by atoms with E-state index in [1.54, 1.807) is 6.07 Å². The monoisotopic (exact) mass is 326 g/mol. The zero-order chi connectivity index (χ0) is 15.4. The molecule has 0 amide bonds. The van der Waals surface area contributed by atoms with E-state index >= 15 is 0 Å². The number of hydrogen-bond donors (Lipinski definition) is 2. The molecule has 112 valence electrons. The molecule has 0 radical (unpaired) electrons. The van der Waals surface area contributed by atoms with E-state index in [2.05, 4.69) is 10.3 Å². The molecule has 0 aliphatic carbocycles. The van der Waals surface area contributed by atoms with Crippen molar-refractivity contribution < 1.29 is 4.92 Å². The maximum atomic E-state index is 11.0. The van der Waals surface area contributed by atoms with Gasteiger partial charge in [-0.1, -0.05) is 17.7 Å². The van der Waals surface area contributed by atoms with Gasteiger partial charge in [0.15, 0.2) is 0 Å². The minimum absolute atomic E-state index is 0.0254. The third-order valence-electron chi connectivity index (χ3n) is 2.92. The van der Waals surface area contributed by atoms with Gasteiger partial charge < -0.3 is 5.43 Å². The number of hydrogen-bond acceptors (Lipinski definition) is 6. The molecule has 0 fully saturated rings. The van der Waals surface area contributed by atoms with E-state index in [-0.39, 0.29) is 5.69 Å². The van der Waals surface area contributed by atoms with Crippen molar-refractivity contribution in [2.24, 2.45) is 5.84 Å². The average molecular weight is 327 g/mol. The molecule has 3 N–H and O–H groups in total. The summed E-state index contributed by atoms with van der Waals surface area (Å²) in [5.74, 6) is 5.27. The average Bonchev–Trinajstić information content (AvgIpc) is 2.83. The number of thiophene rings is 1. The Morgan fingerprint density at radius 2 is 2.14 bits per heavy atom. The van der Waals surface area contributed by atoms with E-state index in [1.165, 1.54) is 17.4 Å². The van der Waals surface area contributed by atoms with Crippen LogP contribution in [0, 0.1) is 10.1 Å². The molecular weight excluding hydrogens is 312 g/mol. The molecule has 0 unspecified atom stereocenters. The van der Waals surface area contributed by atoms with Gasteiger partial charge in [-0.25, -0.2) is 0 Å². The first-order valence-corrected chi connectivity index (χ1v) is 7.35. The van der Waals surface area contributed by atoms with Gasteiger partial charge in [-0.05, 0) is 30.8 Å². The number of nitro groups is 1. The number of halogens is 1. The Balaban J connectivity index is 2.08. The predicted octanol–water partition coefficient (Wildman–Crippen LogP) is 3.23. The number of rotatable bonds is 6. The van der Waals surface area contributed by atoms with E-state index in [4.69, 9.17) is 17.4 Å². The molecule has 0 spiro atoms. The van der Waals surface area contributed by atoms with Gasteiger partial charge in [0.05, 0.1) is 9.26 Å². The summed E-state index contributed by atoms with van der Waals surface area (Å²) in [7, 11) is 1.95. The molecule has 0 aliphatic rings. The van der Waals surface area contributed by atoms with E-state index in [1.807, 2.05) is 25.2 Å². The zero-order valence-electron chi connectivity index (χ0n) is 11.4. The molecule has 21 heavy (non-hydrogen) atoms. The molecule has 0 atom stereocenters. The largest absolute Gasteiger partial charge is 0.318 e. The zero-order valence-corrected chi connectivity index (χ0v) is 12.9. The third-order valence-corrected chi connectivity index (χ3v) is 4.14. The third kappa shape index (κ3) is 4.15. The number of benzene rings is 1. The lowest BCUT2D eigenvalue weighted by atomic mass is 10.1. The summed E-state index contributed by atoms with van der Waals surface area (Å²) in [6, 6.07) is 8.81. The van der Waals surface area contributed by atoms with E-state index in [9.17, 15) is 10.1 Å². The smallest absolute Gasteiger partial charge is 0.293 e. The maximum absolute atomic E-state index is 11.0. The highest BCUT2D eigenvalue weighted by atomic mass is 35.5. The number of nitro benzene ring substituents is 1. The normalized spacial score (nSPS) is 10.9. The van der Waals surface area contributed by atoms with Crippen LogP contribution in [-0.4, -0.2) is 16.9 Å². The molecule has 2 rings (SSSR count). The lowest BCUT2D eigenvalue weighted by Crippen LogP contribution is -2.17. The fourth-order valence-electron chi connectivity index (χ4n) is 2.02. The minimum Gasteiger partial charge on any atom is -0.318 e. The first-order valence-electron chi connectivity index (χ1n) is 6.16. The summed E-state index contributed by atoms with van der Waals surface area (Å²) < 4.78 is 0.757. The van der Waals surface area contributed by atoms with Crippen LogP contribution in [0.25, 0.3) is 0 Å². The minimum atomic E-state index is -0.447. The summed E-state index contributed by atoms with van der Waals surface area (Å²) >= 11 is 7.43. The first kappa shape index (κ1) is 15.7. The summed E-state index contributed by atoms with van der Waals surface area (Å²) in [4.78, 5) is 13.8. The lowest BCUT2D eigenvalue weighted by molar-refractivity contribution is -0.384. The van der Waals surface area contributed by atoms with Crippen LogP contribution in [0.5, 0.6) is 0 Å². The van der Waals surface area contributed by atoms with E-state index in [0.29, 0.717) is 12.2 Å². The molecule has 2 aromatic rings. The van der Waals surface area contributed by atoms with Crippen LogP contribution in [0.15, 0.2) is 30.3 Å². The summed E-state index contributed by atoms with van der Waals surface area (Å²) in [5.41, 5.74) is 3.46. The second kappa shape index (κ2) is 6.86. The van der Waals surface area contributed by atoms with Gasteiger partial charge >= 0.3 is 0 Å². The van der Waals surface area contributed by atoms with Crippen LogP contribution < -0.4 is 11.3 Å². The Bertz CT molecular complexity index is 647. The molecule has 0 bridgehead atoms. The quantitative estimate of drug-likeness (QED) is 0.483. The number of nitrogen functional groups attached to an aromatic ring is 1. The Morgan fingerprint density at radius 1 is 1.38 bits per heavy atom. The van der Waals surface area contributed by atoms with Gasteiger partial charge in [-0.15, -0.1) is 11.3 Å². The molecule has 1 aromatic heterocycles. The summed E-state index contributed by atoms with van der Waals surface area (Å²) in [6.45, 7) is 1.34. The molecule has 1 heterocycles. The van der Waals surface area contributed by atoms with Crippen LogP contribution >= 0.6 is 22.9 Å². The van der Waals surface area contributed by atoms with Crippen molar-refractivity contribution in [1.29, 1.82) is 0 Å². The fourth-order valence-corrected chi connectivity index (χ4v) is 3.19. The van der Waals surface area contributed by atoms with Crippen molar-refractivity contribution in [3.05, 3.63) is 55.2 Å². The van der Waals surface area contributed by atoms with E-state index in [0.717, 1.165) is 21.3 Å². The van der Waals surface area contributed by atoms with E-state index < -0.39 is 4.92 Å². The van der Waals surface area contributed by atoms with Gasteiger partial charge in [0.1, 0.15) is 5.69 Å². The molecule has 1 aromatic carbocycles. The van der Waals surface area contributed by atoms with Gasteiger partial charge in [0, 0.05) is 24.0 Å². The van der Waals surface area contributed by atoms with Gasteiger partial charge in [-0.3, -0.25) is 20.9 Å². The van der Waals surface area contributed by atoms with Crippen LogP contribution in [0.2, 0.25) is 4.34 Å². The molecule has 0 saturated carbocycles. The van der Waals surface area contributed by atoms with Crippen molar-refractivity contribution in [2.45, 2.75) is 13.1 Å². The maximum Gasteiger partial charge on any atom is 0.293 e. The Kier molecular flexibility index (Phi) is 5.13. The summed E-state index contributed by atoms with van der Waals surface area (Å²) in [5, 5.41) is 11.0. The van der Waals surface area contributed by atoms with Crippen LogP contribution in [0.1, 0.15) is 10.4 Å². The summed E-state index contributed by atoms with van der Waals surface area (Å²) in [6.07, 6.45) is 0. The topological polar surface area (TPSA) is 84.4 Å². The molecule has 0 saturated heterocycles. The van der Waals surface area contributed by atoms with Crippen LogP contribution in [0.3, 0.4) is 0 Å². The second-order valence-corrected chi connectivity index (χ2v) is 6.43. The number of nitrogens with one attached hydrogen (secondary N) is 1. The highest BCUT2D eigenvalue weighted by molar-refractivity contribution is 7.16. The number of hydrazine groups is 1. The lowest BCUT2D eigenvalue weighted by Gasteiger charge is -2.16. The predicted molar refractivity (Wildman–Crippen MR) is 85.4 cm³/mol. The van der Waals surface area contributed by atoms with Crippen molar-refractivity contribution in [3.8, 4) is 0 Å². The van der Waals surface area contributed by atoms with Gasteiger partial charge in [0.25, 0.3) is 5.69 Å². The van der Waals surface area contributed by atoms with Crippen molar-refractivity contribution in [2.75, 3.05) is 12.5 Å². The molecular formula is C13H15ClN4O2S. The highest BCUT2D eigenvalue weighted by Crippen LogP contribution is 2.26. The van der Waals surface area contributed by atoms with Crippen LogP contribution in [0.4, 0.5) is 11.4 Å². The van der Waals surface area contributed by atoms with Crippen molar-refractivity contribution >= 4 is 34.3 Å². The Labute approximate surface area is 131 Å².